The molecule has 96 valence electrons. The predicted molar refractivity (Wildman–Crippen MR) is 73.0 cm³/mol. The van der Waals surface area contributed by atoms with Gasteiger partial charge in [0.25, 0.3) is 0 Å². The molecule has 0 bridgehead atoms. The topological polar surface area (TPSA) is 58.7 Å². The Bertz CT molecular complexity index is 528. The minimum atomic E-state index is 0.603. The summed E-state index contributed by atoms with van der Waals surface area (Å²) in [5.74, 6) is 0. The van der Waals surface area contributed by atoms with Gasteiger partial charge >= 0.3 is 0 Å². The summed E-state index contributed by atoms with van der Waals surface area (Å²) in [4.78, 5) is 4.55. The molecule has 5 nitrogen and oxygen atoms in total. The van der Waals surface area contributed by atoms with Crippen LogP contribution in [0.4, 0.5) is 11.4 Å². The lowest BCUT2D eigenvalue weighted by Crippen LogP contribution is -1.67. The van der Waals surface area contributed by atoms with Gasteiger partial charge in [-0.05, 0) is 48.5 Å². The number of halogens is 2. The van der Waals surface area contributed by atoms with Crippen molar-refractivity contribution >= 4 is 34.6 Å². The van der Waals surface area contributed by atoms with Gasteiger partial charge < -0.3 is 0 Å². The van der Waals surface area contributed by atoms with Crippen molar-refractivity contribution in [2.75, 3.05) is 0 Å². The van der Waals surface area contributed by atoms with Crippen molar-refractivity contribution in [3.05, 3.63) is 58.6 Å². The molecule has 0 amide bonds. The van der Waals surface area contributed by atoms with Crippen molar-refractivity contribution < 1.29 is 4.94 Å². The van der Waals surface area contributed by atoms with Crippen molar-refractivity contribution in [1.82, 2.24) is 0 Å². The van der Waals surface area contributed by atoms with Crippen LogP contribution in [0.15, 0.2) is 69.3 Å². The van der Waals surface area contributed by atoms with E-state index in [2.05, 4.69) is 25.7 Å². The Labute approximate surface area is 119 Å². The molecule has 0 heterocycles. The largest absolute Gasteiger partial charge is 0.203 e. The average molecular weight is 295 g/mol. The molecule has 0 aliphatic rings. The van der Waals surface area contributed by atoms with Gasteiger partial charge in [0.2, 0.25) is 0 Å². The highest BCUT2D eigenvalue weighted by Crippen LogP contribution is 2.18. The Morgan fingerprint density at radius 3 is 1.37 bits per heavy atom. The molecule has 0 saturated heterocycles. The van der Waals surface area contributed by atoms with Crippen LogP contribution in [0.3, 0.4) is 0 Å². The first kappa shape index (κ1) is 13.5. The van der Waals surface area contributed by atoms with E-state index in [0.29, 0.717) is 21.4 Å². The van der Waals surface area contributed by atoms with Crippen molar-refractivity contribution in [2.45, 2.75) is 0 Å². The van der Waals surface area contributed by atoms with Crippen LogP contribution in [0.2, 0.25) is 10.0 Å². The molecular formula is C12H8Cl2N4O. The molecule has 0 unspecified atom stereocenters. The van der Waals surface area contributed by atoms with Crippen LogP contribution in [0.5, 0.6) is 0 Å². The third-order valence-corrected chi connectivity index (χ3v) is 2.54. The Balaban J connectivity index is 1.86. The summed E-state index contributed by atoms with van der Waals surface area (Å²) in [6, 6.07) is 13.6. The Morgan fingerprint density at radius 2 is 1.00 bits per heavy atom. The fourth-order valence-electron chi connectivity index (χ4n) is 1.16. The van der Waals surface area contributed by atoms with Crippen LogP contribution in [0, 0.1) is 0 Å². The van der Waals surface area contributed by atoms with Crippen molar-refractivity contribution in [1.29, 1.82) is 0 Å². The summed E-state index contributed by atoms with van der Waals surface area (Å²) in [5, 5.41) is 15.6. The fraction of sp³-hybridized carbons (Fsp3) is 0. The van der Waals surface area contributed by atoms with E-state index in [1.165, 1.54) is 0 Å². The van der Waals surface area contributed by atoms with Gasteiger partial charge in [-0.3, -0.25) is 0 Å². The molecule has 2 rings (SSSR count). The second kappa shape index (κ2) is 6.82. The Hall–Kier alpha value is -1.98. The third-order valence-electron chi connectivity index (χ3n) is 2.04. The van der Waals surface area contributed by atoms with Gasteiger partial charge in [-0.25, -0.2) is 4.94 Å². The van der Waals surface area contributed by atoms with Gasteiger partial charge in [-0.15, -0.1) is 10.2 Å². The molecular weight excluding hydrogens is 287 g/mol. The third kappa shape index (κ3) is 4.65. The van der Waals surface area contributed by atoms with E-state index in [0.717, 1.165) is 0 Å². The zero-order valence-corrected chi connectivity index (χ0v) is 11.1. The molecule has 2 aromatic carbocycles. The van der Waals surface area contributed by atoms with Gasteiger partial charge in [-0.2, -0.15) is 0 Å². The molecule has 7 heteroatoms. The Morgan fingerprint density at radius 1 is 0.632 bits per heavy atom. The van der Waals surface area contributed by atoms with Gasteiger partial charge in [0, 0.05) is 10.0 Å². The average Bonchev–Trinajstić information content (AvgIpc) is 2.43. The minimum Gasteiger partial charge on any atom is -0.203 e. The maximum atomic E-state index is 5.73. The van der Waals surface area contributed by atoms with Crippen LogP contribution in [0.25, 0.3) is 0 Å². The van der Waals surface area contributed by atoms with Gasteiger partial charge in [0.15, 0.2) is 0 Å². The molecule has 0 radical (unpaired) electrons. The van der Waals surface area contributed by atoms with Crippen molar-refractivity contribution in [3.63, 3.8) is 0 Å². The van der Waals surface area contributed by atoms with E-state index in [9.17, 15) is 0 Å². The van der Waals surface area contributed by atoms with Crippen LogP contribution < -0.4 is 0 Å². The summed E-state index contributed by atoms with van der Waals surface area (Å²) in [7, 11) is 0. The first-order valence-corrected chi connectivity index (χ1v) is 5.99. The van der Waals surface area contributed by atoms with Crippen LogP contribution in [-0.4, -0.2) is 0 Å². The molecule has 0 saturated carbocycles. The lowest BCUT2D eigenvalue weighted by Gasteiger charge is -1.91. The van der Waals surface area contributed by atoms with E-state index in [1.807, 2.05) is 0 Å². The zero-order chi connectivity index (χ0) is 13.5. The summed E-state index contributed by atoms with van der Waals surface area (Å²) >= 11 is 11.5. The van der Waals surface area contributed by atoms with E-state index in [-0.39, 0.29) is 0 Å². The second-order valence-electron chi connectivity index (χ2n) is 3.40. The second-order valence-corrected chi connectivity index (χ2v) is 4.27. The maximum Gasteiger partial charge on any atom is 0.0891 e. The molecule has 19 heavy (non-hydrogen) atoms. The molecule has 0 aliphatic heterocycles. The molecule has 0 fully saturated rings. The van der Waals surface area contributed by atoms with Crippen LogP contribution >= 0.6 is 23.2 Å². The molecule has 0 spiro atoms. The smallest absolute Gasteiger partial charge is 0.0891 e. The molecule has 0 atom stereocenters. The molecule has 0 N–H and O–H groups in total. The van der Waals surface area contributed by atoms with Gasteiger partial charge in [-0.1, -0.05) is 23.2 Å². The number of hydrogen-bond donors (Lipinski definition) is 0. The normalized spacial score (nSPS) is 11.3. The van der Waals surface area contributed by atoms with Crippen molar-refractivity contribution in [3.8, 4) is 0 Å². The molecule has 2 aromatic rings. The maximum absolute atomic E-state index is 5.73. The first-order valence-electron chi connectivity index (χ1n) is 5.23. The lowest BCUT2D eigenvalue weighted by atomic mass is 10.3. The first-order chi connectivity index (χ1) is 9.24. The summed E-state index contributed by atoms with van der Waals surface area (Å²) < 4.78 is 0. The quantitative estimate of drug-likeness (QED) is 0.526. The summed E-state index contributed by atoms with van der Waals surface area (Å²) in [5.41, 5.74) is 1.21. The van der Waals surface area contributed by atoms with Gasteiger partial charge in [0.05, 0.1) is 21.9 Å². The highest BCUT2D eigenvalue weighted by atomic mass is 35.5. The fourth-order valence-corrected chi connectivity index (χ4v) is 1.41. The Kier molecular flexibility index (Phi) is 4.83. The predicted octanol–water partition coefficient (Wildman–Crippen LogP) is 5.71. The van der Waals surface area contributed by atoms with Crippen molar-refractivity contribution in [2.24, 2.45) is 20.8 Å². The highest BCUT2D eigenvalue weighted by molar-refractivity contribution is 6.30. The monoisotopic (exact) mass is 294 g/mol. The number of nitrogens with zero attached hydrogens (tertiary/aromatic N) is 4. The van der Waals surface area contributed by atoms with E-state index in [4.69, 9.17) is 23.2 Å². The van der Waals surface area contributed by atoms with Gasteiger partial charge in [0.1, 0.15) is 0 Å². The summed E-state index contributed by atoms with van der Waals surface area (Å²) in [6.45, 7) is 0. The SMILES string of the molecule is Clc1ccc(N=NON=Nc2ccc(Cl)cc2)cc1. The molecule has 0 aromatic heterocycles. The highest BCUT2D eigenvalue weighted by Gasteiger charge is 1.90. The number of rotatable bonds is 4. The zero-order valence-electron chi connectivity index (χ0n) is 9.57. The number of benzene rings is 2. The van der Waals surface area contributed by atoms with E-state index < -0.39 is 0 Å². The van der Waals surface area contributed by atoms with E-state index >= 15 is 0 Å². The molecule has 0 aliphatic carbocycles. The van der Waals surface area contributed by atoms with Crippen LogP contribution in [0.1, 0.15) is 0 Å². The lowest BCUT2D eigenvalue weighted by molar-refractivity contribution is 0.117. The van der Waals surface area contributed by atoms with Crippen LogP contribution in [-0.2, 0) is 4.94 Å². The standard InChI is InChI=1S/C12H8Cl2N4O/c13-9-1-5-11(6-2-9)15-17-19-18-16-12-7-3-10(14)4-8-12/h1-8H. The summed E-state index contributed by atoms with van der Waals surface area (Å²) in [6.07, 6.45) is 0. The van der Waals surface area contributed by atoms with E-state index in [1.54, 1.807) is 48.5 Å². The minimum absolute atomic E-state index is 0.603. The number of hydrogen-bond acceptors (Lipinski definition) is 5.